The van der Waals surface area contributed by atoms with Crippen molar-refractivity contribution in [2.75, 3.05) is 0 Å². The van der Waals surface area contributed by atoms with Crippen LogP contribution in [0.5, 0.6) is 0 Å². The molecule has 0 spiro atoms. The van der Waals surface area contributed by atoms with Crippen molar-refractivity contribution in [3.05, 3.63) is 93.9 Å². The fourth-order valence-electron chi connectivity index (χ4n) is 3.12. The van der Waals surface area contributed by atoms with Crippen LogP contribution in [0, 0.1) is 5.82 Å². The van der Waals surface area contributed by atoms with Gasteiger partial charge in [0.05, 0.1) is 11.6 Å². The summed E-state index contributed by atoms with van der Waals surface area (Å²) in [6.45, 7) is 0.0387. The standard InChI is InChI=1S/C22H13ClFN5O3/c23-17-9-2-1-7-15(17)19-26-21(32-28-19)16-8-4-10-29(22(16)30)12-18-25-20(31-27-18)13-5-3-6-14(24)11-13/h1-11H,12H2. The van der Waals surface area contributed by atoms with E-state index in [9.17, 15) is 9.18 Å². The summed E-state index contributed by atoms with van der Waals surface area (Å²) in [7, 11) is 0. The molecule has 0 saturated carbocycles. The van der Waals surface area contributed by atoms with E-state index in [0.717, 1.165) is 0 Å². The molecule has 5 aromatic rings. The molecule has 0 radical (unpaired) electrons. The Morgan fingerprint density at radius 1 is 0.906 bits per heavy atom. The molecule has 0 unspecified atom stereocenters. The highest BCUT2D eigenvalue weighted by molar-refractivity contribution is 6.33. The Balaban J connectivity index is 1.43. The number of halogens is 2. The maximum atomic E-state index is 13.4. The minimum Gasteiger partial charge on any atom is -0.334 e. The van der Waals surface area contributed by atoms with Crippen molar-refractivity contribution >= 4 is 11.6 Å². The zero-order valence-electron chi connectivity index (χ0n) is 16.3. The first-order valence-electron chi connectivity index (χ1n) is 9.45. The zero-order valence-corrected chi connectivity index (χ0v) is 17.0. The van der Waals surface area contributed by atoms with E-state index in [1.165, 1.54) is 16.7 Å². The summed E-state index contributed by atoms with van der Waals surface area (Å²) in [6, 6.07) is 16.1. The largest absolute Gasteiger partial charge is 0.334 e. The maximum absolute atomic E-state index is 13.4. The van der Waals surface area contributed by atoms with Crippen molar-refractivity contribution in [2.24, 2.45) is 0 Å². The molecule has 32 heavy (non-hydrogen) atoms. The van der Waals surface area contributed by atoms with Gasteiger partial charge < -0.3 is 13.6 Å². The lowest BCUT2D eigenvalue weighted by atomic mass is 10.2. The first-order chi connectivity index (χ1) is 15.6. The van der Waals surface area contributed by atoms with Gasteiger partial charge in [-0.25, -0.2) is 4.39 Å². The average Bonchev–Trinajstić information content (AvgIpc) is 3.46. The van der Waals surface area contributed by atoms with Gasteiger partial charge in [-0.15, -0.1) is 0 Å². The number of hydrogen-bond acceptors (Lipinski definition) is 7. The first kappa shape index (κ1) is 19.8. The molecule has 158 valence electrons. The topological polar surface area (TPSA) is 99.8 Å². The second-order valence-electron chi connectivity index (χ2n) is 6.78. The van der Waals surface area contributed by atoms with E-state index < -0.39 is 5.82 Å². The Kier molecular flexibility index (Phi) is 5.08. The van der Waals surface area contributed by atoms with Gasteiger partial charge in [0.2, 0.25) is 5.82 Å². The summed E-state index contributed by atoms with van der Waals surface area (Å²) in [5.74, 6) is 0.337. The average molecular weight is 450 g/mol. The van der Waals surface area contributed by atoms with Crippen LogP contribution in [0.15, 0.2) is 80.7 Å². The van der Waals surface area contributed by atoms with Crippen LogP contribution in [0.3, 0.4) is 0 Å². The van der Waals surface area contributed by atoms with Crippen LogP contribution < -0.4 is 5.56 Å². The fourth-order valence-corrected chi connectivity index (χ4v) is 3.34. The highest BCUT2D eigenvalue weighted by atomic mass is 35.5. The van der Waals surface area contributed by atoms with Gasteiger partial charge in [0, 0.05) is 17.3 Å². The number of nitrogens with zero attached hydrogens (tertiary/aromatic N) is 5. The molecule has 5 rings (SSSR count). The number of pyridine rings is 1. The van der Waals surface area contributed by atoms with E-state index in [1.807, 2.05) is 0 Å². The summed E-state index contributed by atoms with van der Waals surface area (Å²) in [5.41, 5.74) is 0.881. The van der Waals surface area contributed by atoms with Crippen LogP contribution >= 0.6 is 11.6 Å². The smallest absolute Gasteiger partial charge is 0.263 e. The molecule has 0 N–H and O–H groups in total. The molecule has 3 aromatic heterocycles. The molecule has 10 heteroatoms. The minimum absolute atomic E-state index is 0.0387. The lowest BCUT2D eigenvalue weighted by molar-refractivity contribution is 0.419. The van der Waals surface area contributed by atoms with Crippen molar-refractivity contribution in [3.63, 3.8) is 0 Å². The predicted octanol–water partition coefficient (Wildman–Crippen LogP) is 4.46. The molecule has 2 aromatic carbocycles. The van der Waals surface area contributed by atoms with E-state index in [4.69, 9.17) is 20.6 Å². The second-order valence-corrected chi connectivity index (χ2v) is 7.19. The number of hydrogen-bond donors (Lipinski definition) is 0. The highest BCUT2D eigenvalue weighted by Crippen LogP contribution is 2.26. The first-order valence-corrected chi connectivity index (χ1v) is 9.83. The third kappa shape index (κ3) is 3.81. The van der Waals surface area contributed by atoms with E-state index in [2.05, 4.69) is 20.3 Å². The van der Waals surface area contributed by atoms with E-state index >= 15 is 0 Å². The molecule has 0 aliphatic heterocycles. The third-order valence-corrected chi connectivity index (χ3v) is 4.97. The lowest BCUT2D eigenvalue weighted by Gasteiger charge is -2.03. The molecule has 3 heterocycles. The second kappa shape index (κ2) is 8.20. The molecular weight excluding hydrogens is 437 g/mol. The van der Waals surface area contributed by atoms with Crippen LogP contribution in [0.2, 0.25) is 5.02 Å². The molecule has 0 aliphatic carbocycles. The van der Waals surface area contributed by atoms with E-state index in [-0.39, 0.29) is 41.1 Å². The van der Waals surface area contributed by atoms with Gasteiger partial charge in [0.1, 0.15) is 11.4 Å². The predicted molar refractivity (Wildman–Crippen MR) is 113 cm³/mol. The Bertz CT molecular complexity index is 1480. The van der Waals surface area contributed by atoms with Crippen molar-refractivity contribution in [2.45, 2.75) is 6.54 Å². The van der Waals surface area contributed by atoms with Crippen molar-refractivity contribution in [1.29, 1.82) is 0 Å². The molecule has 0 saturated heterocycles. The quantitative estimate of drug-likeness (QED) is 0.390. The number of benzene rings is 2. The Morgan fingerprint density at radius 2 is 1.72 bits per heavy atom. The third-order valence-electron chi connectivity index (χ3n) is 4.64. The SMILES string of the molecule is O=c1c(-c2nc(-c3ccccc3Cl)no2)cccn1Cc1noc(-c2cccc(F)c2)n1. The van der Waals surface area contributed by atoms with Gasteiger partial charge in [-0.2, -0.15) is 9.97 Å². The normalized spacial score (nSPS) is 11.1. The van der Waals surface area contributed by atoms with Crippen LogP contribution in [0.4, 0.5) is 4.39 Å². The lowest BCUT2D eigenvalue weighted by Crippen LogP contribution is -2.22. The fraction of sp³-hybridized carbons (Fsp3) is 0.0455. The van der Waals surface area contributed by atoms with Crippen LogP contribution in [0.25, 0.3) is 34.3 Å². The van der Waals surface area contributed by atoms with Gasteiger partial charge in [-0.1, -0.05) is 40.1 Å². The van der Waals surface area contributed by atoms with E-state index in [0.29, 0.717) is 16.1 Å². The monoisotopic (exact) mass is 449 g/mol. The van der Waals surface area contributed by atoms with Crippen molar-refractivity contribution < 1.29 is 13.4 Å². The summed E-state index contributed by atoms with van der Waals surface area (Å²) >= 11 is 6.18. The maximum Gasteiger partial charge on any atom is 0.263 e. The molecular formula is C22H13ClFN5O3. The zero-order chi connectivity index (χ0) is 22.1. The summed E-state index contributed by atoms with van der Waals surface area (Å²) in [6.07, 6.45) is 1.58. The van der Waals surface area contributed by atoms with Gasteiger partial charge in [-0.05, 0) is 42.5 Å². The Hall–Kier alpha value is -4.11. The highest BCUT2D eigenvalue weighted by Gasteiger charge is 2.17. The Morgan fingerprint density at radius 3 is 2.56 bits per heavy atom. The van der Waals surface area contributed by atoms with Crippen LogP contribution in [-0.4, -0.2) is 24.8 Å². The molecule has 0 bridgehead atoms. The molecule has 0 aliphatic rings. The van der Waals surface area contributed by atoms with Crippen LogP contribution in [-0.2, 0) is 6.54 Å². The minimum atomic E-state index is -0.415. The van der Waals surface area contributed by atoms with Crippen LogP contribution in [0.1, 0.15) is 5.82 Å². The van der Waals surface area contributed by atoms with Gasteiger partial charge in [-0.3, -0.25) is 4.79 Å². The summed E-state index contributed by atoms with van der Waals surface area (Å²) < 4.78 is 25.3. The van der Waals surface area contributed by atoms with Gasteiger partial charge in [0.15, 0.2) is 5.82 Å². The van der Waals surface area contributed by atoms with Gasteiger partial charge in [0.25, 0.3) is 17.3 Å². The van der Waals surface area contributed by atoms with Crippen molar-refractivity contribution in [1.82, 2.24) is 24.8 Å². The van der Waals surface area contributed by atoms with Gasteiger partial charge >= 0.3 is 0 Å². The number of aromatic nitrogens is 5. The molecule has 8 nitrogen and oxygen atoms in total. The van der Waals surface area contributed by atoms with Crippen molar-refractivity contribution in [3.8, 4) is 34.3 Å². The van der Waals surface area contributed by atoms with E-state index in [1.54, 1.807) is 54.7 Å². The molecule has 0 atom stereocenters. The Labute approximate surface area is 184 Å². The summed E-state index contributed by atoms with van der Waals surface area (Å²) in [5, 5.41) is 8.28. The molecule has 0 amide bonds. The molecule has 0 fully saturated rings. The summed E-state index contributed by atoms with van der Waals surface area (Å²) in [4.78, 5) is 21.5. The number of rotatable bonds is 5.